The molecule has 41 heavy (non-hydrogen) atoms. The number of rotatable bonds is 4. The third-order valence-corrected chi connectivity index (χ3v) is 8.25. The molecule has 3 heterocycles. The highest BCUT2D eigenvalue weighted by molar-refractivity contribution is 7.94. The van der Waals surface area contributed by atoms with Gasteiger partial charge in [-0.1, -0.05) is 23.7 Å². The Balaban J connectivity index is 1.56. The van der Waals surface area contributed by atoms with Gasteiger partial charge in [0, 0.05) is 18.0 Å². The van der Waals surface area contributed by atoms with Crippen molar-refractivity contribution in [3.8, 4) is 11.4 Å². The van der Waals surface area contributed by atoms with Crippen LogP contribution in [0.2, 0.25) is 5.02 Å². The summed E-state index contributed by atoms with van der Waals surface area (Å²) in [5, 5.41) is 12.6. The van der Waals surface area contributed by atoms with Gasteiger partial charge in [0.25, 0.3) is 11.8 Å². The molecular weight excluding hydrogens is 591 g/mol. The first-order chi connectivity index (χ1) is 19.3. The van der Waals surface area contributed by atoms with Crippen LogP contribution in [0.1, 0.15) is 18.0 Å². The number of carbonyl (C=O) groups is 2. The molecule has 2 aliphatic rings. The number of carbonyl (C=O) groups excluding carboxylic acids is 2. The van der Waals surface area contributed by atoms with Crippen LogP contribution < -0.4 is 10.6 Å². The summed E-state index contributed by atoms with van der Waals surface area (Å²) in [7, 11) is -3.30. The van der Waals surface area contributed by atoms with Crippen molar-refractivity contribution in [3.05, 3.63) is 63.9 Å². The van der Waals surface area contributed by atoms with Crippen LogP contribution >= 0.6 is 11.6 Å². The number of piperidine rings is 1. The van der Waals surface area contributed by atoms with Crippen molar-refractivity contribution in [1.82, 2.24) is 25.1 Å². The Hall–Kier alpha value is -4.18. The molecule has 2 aliphatic heterocycles. The average molecular weight is 612 g/mol. The Morgan fingerprint density at radius 1 is 1.24 bits per heavy atom. The lowest BCUT2D eigenvalue weighted by Gasteiger charge is -2.35. The Kier molecular flexibility index (Phi) is 7.15. The number of hydrogen-bond donors (Lipinski definition) is 1. The molecular formula is C24H21ClF3N7O5S. The third-order valence-electron chi connectivity index (χ3n) is 6.49. The van der Waals surface area contributed by atoms with Crippen molar-refractivity contribution in [2.24, 2.45) is 5.73 Å². The summed E-state index contributed by atoms with van der Waals surface area (Å²) in [5.74, 6) is -5.59. The smallest absolute Gasteiger partial charge is 0.409 e. The van der Waals surface area contributed by atoms with E-state index < -0.39 is 63.2 Å². The Labute approximate surface area is 236 Å². The van der Waals surface area contributed by atoms with Gasteiger partial charge in [0.2, 0.25) is 15.7 Å². The Morgan fingerprint density at radius 3 is 2.63 bits per heavy atom. The Morgan fingerprint density at radius 2 is 1.95 bits per heavy atom. The molecule has 1 unspecified atom stereocenters. The second kappa shape index (κ2) is 10.3. The van der Waals surface area contributed by atoms with Crippen LogP contribution in [-0.4, -0.2) is 71.6 Å². The number of hydrogen-bond acceptors (Lipinski definition) is 9. The lowest BCUT2D eigenvalue weighted by atomic mass is 10.0. The minimum atomic E-state index is -4.36. The largest absolute Gasteiger partial charge is 0.453 e. The van der Waals surface area contributed by atoms with E-state index in [9.17, 15) is 26.8 Å². The first-order valence-corrected chi connectivity index (χ1v) is 13.8. The van der Waals surface area contributed by atoms with Crippen LogP contribution in [0.25, 0.3) is 11.4 Å². The topological polar surface area (TPSA) is 154 Å². The van der Waals surface area contributed by atoms with E-state index in [4.69, 9.17) is 17.3 Å². The van der Waals surface area contributed by atoms with E-state index in [1.807, 2.05) is 0 Å². The molecule has 1 aromatic heterocycles. The summed E-state index contributed by atoms with van der Waals surface area (Å²) in [6, 6.07) is 7.00. The number of benzene rings is 2. The number of anilines is 1. The number of sulfone groups is 1. The number of aromatic nitrogens is 4. The number of nitrogens with two attached hydrogens (primary N) is 1. The van der Waals surface area contributed by atoms with Crippen LogP contribution in [0.4, 0.5) is 23.7 Å². The summed E-state index contributed by atoms with van der Waals surface area (Å²) in [4.78, 5) is 27.2. The van der Waals surface area contributed by atoms with E-state index >= 15 is 4.39 Å². The van der Waals surface area contributed by atoms with E-state index in [1.165, 1.54) is 0 Å². The van der Waals surface area contributed by atoms with Crippen LogP contribution in [0.3, 0.4) is 0 Å². The molecule has 3 aromatic rings. The zero-order chi connectivity index (χ0) is 29.7. The number of likely N-dealkylation sites (tertiary alicyclic amines) is 1. The summed E-state index contributed by atoms with van der Waals surface area (Å²) >= 11 is 5.94. The quantitative estimate of drug-likeness (QED) is 0.469. The standard InChI is InChI=1S/C24H21ClF3N7O5S/c1-40-23(37)33-10-15(8-24(27,28)12-33)35-31-21(30-32-35)16-6-19-20(7-17(16)26)41(38,39)11-18(29)22(36)34(19)9-13-2-4-14(25)5-3-13/h2-7,11,15H,8-10,12,29H2,1H3. The molecule has 0 radical (unpaired) electrons. The predicted octanol–water partition coefficient (Wildman–Crippen LogP) is 2.90. The highest BCUT2D eigenvalue weighted by Crippen LogP contribution is 2.37. The molecule has 1 fully saturated rings. The maximum atomic E-state index is 15.4. The van der Waals surface area contributed by atoms with Gasteiger partial charge >= 0.3 is 6.09 Å². The number of fused-ring (bicyclic) bond motifs is 1. The summed E-state index contributed by atoms with van der Waals surface area (Å²) in [6.07, 6.45) is -1.69. The molecule has 1 atom stereocenters. The van der Waals surface area contributed by atoms with Crippen LogP contribution in [0.5, 0.6) is 0 Å². The average Bonchev–Trinajstić information content (AvgIpc) is 3.39. The van der Waals surface area contributed by atoms with Gasteiger partial charge in [0.15, 0.2) is 0 Å². The normalized spacial score (nSPS) is 19.8. The molecule has 17 heteroatoms. The van der Waals surface area contributed by atoms with Crippen molar-refractivity contribution in [3.63, 3.8) is 0 Å². The maximum absolute atomic E-state index is 15.4. The number of halogens is 4. The van der Waals surface area contributed by atoms with E-state index in [2.05, 4.69) is 20.1 Å². The number of amides is 2. The van der Waals surface area contributed by atoms with Gasteiger partial charge < -0.3 is 15.4 Å². The van der Waals surface area contributed by atoms with E-state index in [1.54, 1.807) is 24.3 Å². The van der Waals surface area contributed by atoms with Crippen LogP contribution in [-0.2, 0) is 25.9 Å². The first kappa shape index (κ1) is 28.4. The predicted molar refractivity (Wildman–Crippen MR) is 138 cm³/mol. The minimum absolute atomic E-state index is 0.154. The van der Waals surface area contributed by atoms with Crippen LogP contribution in [0.15, 0.2) is 52.4 Å². The second-order valence-corrected chi connectivity index (χ2v) is 11.6. The molecule has 0 spiro atoms. The number of ether oxygens (including phenoxy) is 1. The number of alkyl halides is 2. The molecule has 2 N–H and O–H groups in total. The van der Waals surface area contributed by atoms with Gasteiger partial charge in [-0.05, 0) is 35.0 Å². The zero-order valence-electron chi connectivity index (χ0n) is 21.2. The van der Waals surface area contributed by atoms with Crippen LogP contribution in [0, 0.1) is 5.82 Å². The van der Waals surface area contributed by atoms with Crippen molar-refractivity contribution < 1.29 is 35.9 Å². The van der Waals surface area contributed by atoms with Gasteiger partial charge in [0.05, 0.1) is 47.8 Å². The van der Waals surface area contributed by atoms with Crippen molar-refractivity contribution in [2.75, 3.05) is 25.1 Å². The molecule has 2 amide bonds. The van der Waals surface area contributed by atoms with Crippen molar-refractivity contribution in [2.45, 2.75) is 29.8 Å². The Bertz CT molecular complexity index is 1680. The molecule has 5 rings (SSSR count). The van der Waals surface area contributed by atoms with E-state index in [0.29, 0.717) is 22.1 Å². The molecule has 1 saturated heterocycles. The monoisotopic (exact) mass is 611 g/mol. The van der Waals surface area contributed by atoms with Gasteiger partial charge in [-0.3, -0.25) is 9.69 Å². The van der Waals surface area contributed by atoms with Gasteiger partial charge in [0.1, 0.15) is 11.5 Å². The summed E-state index contributed by atoms with van der Waals surface area (Å²) in [6.45, 7) is -1.24. The molecule has 0 aliphatic carbocycles. The minimum Gasteiger partial charge on any atom is -0.453 e. The van der Waals surface area contributed by atoms with E-state index in [-0.39, 0.29) is 30.2 Å². The highest BCUT2D eigenvalue weighted by atomic mass is 35.5. The van der Waals surface area contributed by atoms with Crippen molar-refractivity contribution >= 4 is 39.1 Å². The first-order valence-electron chi connectivity index (χ1n) is 11.9. The molecule has 0 bridgehead atoms. The number of nitrogens with zero attached hydrogens (tertiary/aromatic N) is 6. The fourth-order valence-corrected chi connectivity index (χ4v) is 6.03. The highest BCUT2D eigenvalue weighted by Gasteiger charge is 2.44. The molecule has 216 valence electrons. The second-order valence-electron chi connectivity index (χ2n) is 9.43. The number of methoxy groups -OCH3 is 1. The molecule has 12 nitrogen and oxygen atoms in total. The molecule has 2 aromatic carbocycles. The number of tetrazole rings is 1. The fraction of sp³-hybridized carbons (Fsp3) is 0.292. The summed E-state index contributed by atoms with van der Waals surface area (Å²) in [5.41, 5.74) is 5.18. The van der Waals surface area contributed by atoms with Gasteiger partial charge in [-0.2, -0.15) is 4.80 Å². The zero-order valence-corrected chi connectivity index (χ0v) is 22.7. The van der Waals surface area contributed by atoms with E-state index in [0.717, 1.165) is 27.8 Å². The molecule has 0 saturated carbocycles. The fourth-order valence-electron chi connectivity index (χ4n) is 4.61. The maximum Gasteiger partial charge on any atom is 0.409 e. The van der Waals surface area contributed by atoms with Crippen molar-refractivity contribution in [1.29, 1.82) is 0 Å². The van der Waals surface area contributed by atoms with Gasteiger partial charge in [-0.15, -0.1) is 10.2 Å². The summed E-state index contributed by atoms with van der Waals surface area (Å²) < 4.78 is 74.7. The lowest BCUT2D eigenvalue weighted by molar-refractivity contribution is -0.115. The lowest BCUT2D eigenvalue weighted by Crippen LogP contribution is -2.50. The third kappa shape index (κ3) is 5.56. The SMILES string of the molecule is COC(=O)N1CC(n2nnc(-c3cc4c(cc3F)S(=O)(=O)C=C(N)C(=O)N4Cc3ccc(Cl)cc3)n2)CC(F)(F)C1. The van der Waals surface area contributed by atoms with Gasteiger partial charge in [-0.25, -0.2) is 26.4 Å².